The van der Waals surface area contributed by atoms with E-state index in [0.717, 1.165) is 40.6 Å². The van der Waals surface area contributed by atoms with E-state index >= 15 is 0 Å². The molecule has 0 aliphatic heterocycles. The number of unbranched alkanes of at least 4 members (excludes halogenated alkanes) is 1. The van der Waals surface area contributed by atoms with Gasteiger partial charge >= 0.3 is 5.97 Å². The molecule has 4 aromatic rings. The first-order chi connectivity index (χ1) is 18.8. The standard InChI is InChI=1S/C31H36ClN3O4/c1-4-31(30(37)38,18-24-16-25(19-36)21(2)27(32)17-24)26-12-13-28-29(22(26)3)33-34-35(28)14-8-9-15-39-20-23-10-6-5-7-11-23/h5-7,10-13,16-17,36H,4,8-9,14-15,18-20H2,1-3H3,(H,37,38). The highest BCUT2D eigenvalue weighted by Gasteiger charge is 2.41. The van der Waals surface area contributed by atoms with Crippen molar-refractivity contribution in [2.75, 3.05) is 6.61 Å². The highest BCUT2D eigenvalue weighted by Crippen LogP contribution is 2.38. The van der Waals surface area contributed by atoms with E-state index in [-0.39, 0.29) is 13.0 Å². The Morgan fingerprint density at radius 3 is 2.51 bits per heavy atom. The Hall–Kier alpha value is -3.26. The molecule has 0 aliphatic carbocycles. The number of benzene rings is 3. The maximum atomic E-state index is 12.8. The summed E-state index contributed by atoms with van der Waals surface area (Å²) >= 11 is 6.42. The molecule has 206 valence electrons. The van der Waals surface area contributed by atoms with Crippen molar-refractivity contribution in [1.29, 1.82) is 0 Å². The van der Waals surface area contributed by atoms with Crippen LogP contribution >= 0.6 is 11.6 Å². The molecule has 1 unspecified atom stereocenters. The summed E-state index contributed by atoms with van der Waals surface area (Å²) in [6, 6.07) is 17.6. The minimum Gasteiger partial charge on any atom is -0.481 e. The molecule has 0 spiro atoms. The summed E-state index contributed by atoms with van der Waals surface area (Å²) in [6.07, 6.45) is 2.42. The van der Waals surface area contributed by atoms with Gasteiger partial charge in [0, 0.05) is 18.2 Å². The monoisotopic (exact) mass is 549 g/mol. The van der Waals surface area contributed by atoms with Gasteiger partial charge in [0.15, 0.2) is 0 Å². The molecule has 0 saturated heterocycles. The summed E-state index contributed by atoms with van der Waals surface area (Å²) in [5.41, 5.74) is 5.40. The lowest BCUT2D eigenvalue weighted by atomic mass is 9.71. The van der Waals surface area contributed by atoms with Gasteiger partial charge in [-0.2, -0.15) is 0 Å². The van der Waals surface area contributed by atoms with Crippen molar-refractivity contribution in [1.82, 2.24) is 15.0 Å². The van der Waals surface area contributed by atoms with Crippen LogP contribution in [0.25, 0.3) is 11.0 Å². The number of aliphatic hydroxyl groups is 1. The molecule has 0 radical (unpaired) electrons. The maximum absolute atomic E-state index is 12.8. The number of ether oxygens (including phenoxy) is 1. The van der Waals surface area contributed by atoms with Crippen LogP contribution < -0.4 is 0 Å². The molecule has 0 saturated carbocycles. The number of hydrogen-bond acceptors (Lipinski definition) is 5. The quantitative estimate of drug-likeness (QED) is 0.194. The van der Waals surface area contributed by atoms with Crippen LogP contribution in [0.1, 0.15) is 59.6 Å². The molecule has 0 bridgehead atoms. The summed E-state index contributed by atoms with van der Waals surface area (Å²) in [5.74, 6) is -0.905. The molecular weight excluding hydrogens is 514 g/mol. The molecule has 0 fully saturated rings. The molecule has 0 aliphatic rings. The second kappa shape index (κ2) is 12.7. The Morgan fingerprint density at radius 2 is 1.82 bits per heavy atom. The Morgan fingerprint density at radius 1 is 1.05 bits per heavy atom. The van der Waals surface area contributed by atoms with Gasteiger partial charge in [-0.05, 0) is 85.0 Å². The van der Waals surface area contributed by atoms with Crippen LogP contribution in [-0.4, -0.2) is 37.8 Å². The number of hydrogen-bond donors (Lipinski definition) is 2. The Kier molecular flexibility index (Phi) is 9.38. The molecule has 1 aromatic heterocycles. The number of aliphatic carboxylic acids is 1. The zero-order valence-electron chi connectivity index (χ0n) is 22.8. The second-order valence-corrected chi connectivity index (χ2v) is 10.5. The van der Waals surface area contributed by atoms with Gasteiger partial charge in [-0.25, -0.2) is 4.68 Å². The zero-order valence-corrected chi connectivity index (χ0v) is 23.5. The van der Waals surface area contributed by atoms with Crippen LogP contribution in [0.4, 0.5) is 0 Å². The fourth-order valence-corrected chi connectivity index (χ4v) is 5.51. The minimum absolute atomic E-state index is 0.154. The molecule has 2 N–H and O–H groups in total. The first-order valence-corrected chi connectivity index (χ1v) is 13.8. The van der Waals surface area contributed by atoms with E-state index in [4.69, 9.17) is 16.3 Å². The van der Waals surface area contributed by atoms with Crippen molar-refractivity contribution in [2.45, 2.75) is 71.6 Å². The highest BCUT2D eigenvalue weighted by molar-refractivity contribution is 6.31. The van der Waals surface area contributed by atoms with E-state index in [2.05, 4.69) is 22.4 Å². The topological polar surface area (TPSA) is 97.5 Å². The molecule has 8 heteroatoms. The lowest BCUT2D eigenvalue weighted by Gasteiger charge is -2.31. The van der Waals surface area contributed by atoms with Crippen LogP contribution in [0.15, 0.2) is 54.6 Å². The number of carboxylic acid groups (broad SMARTS) is 1. The van der Waals surface area contributed by atoms with Gasteiger partial charge < -0.3 is 14.9 Å². The van der Waals surface area contributed by atoms with E-state index in [9.17, 15) is 15.0 Å². The number of carbonyl (C=O) groups is 1. The largest absolute Gasteiger partial charge is 0.481 e. The predicted molar refractivity (Wildman–Crippen MR) is 153 cm³/mol. The number of aliphatic hydroxyl groups excluding tert-OH is 1. The number of halogens is 1. The summed E-state index contributed by atoms with van der Waals surface area (Å²) in [5, 5.41) is 29.6. The van der Waals surface area contributed by atoms with Crippen LogP contribution in [0, 0.1) is 13.8 Å². The molecule has 7 nitrogen and oxygen atoms in total. The first-order valence-electron chi connectivity index (χ1n) is 13.4. The average Bonchev–Trinajstić information content (AvgIpc) is 3.35. The lowest BCUT2D eigenvalue weighted by molar-refractivity contribution is -0.144. The van der Waals surface area contributed by atoms with Gasteiger partial charge in [0.1, 0.15) is 5.52 Å². The van der Waals surface area contributed by atoms with Crippen molar-refractivity contribution in [3.8, 4) is 0 Å². The van der Waals surface area contributed by atoms with Crippen LogP contribution in [0.3, 0.4) is 0 Å². The molecule has 1 heterocycles. The third-order valence-electron chi connectivity index (χ3n) is 7.68. The molecule has 39 heavy (non-hydrogen) atoms. The molecule has 0 amide bonds. The Labute approximate surface area is 234 Å². The minimum atomic E-state index is -1.18. The maximum Gasteiger partial charge on any atom is 0.314 e. The zero-order chi connectivity index (χ0) is 28.0. The van der Waals surface area contributed by atoms with E-state index in [1.165, 1.54) is 0 Å². The SMILES string of the molecule is CCC(Cc1cc(Cl)c(C)c(CO)c1)(C(=O)O)c1ccc2c(nnn2CCCCOCc2ccccc2)c1C. The average molecular weight is 550 g/mol. The normalized spacial score (nSPS) is 13.1. The van der Waals surface area contributed by atoms with Gasteiger partial charge in [-0.3, -0.25) is 4.79 Å². The Bertz CT molecular complexity index is 1440. The van der Waals surface area contributed by atoms with Crippen molar-refractivity contribution < 1.29 is 19.7 Å². The van der Waals surface area contributed by atoms with Gasteiger partial charge in [0.05, 0.1) is 24.1 Å². The predicted octanol–water partition coefficient (Wildman–Crippen LogP) is 6.17. The van der Waals surface area contributed by atoms with Crippen LogP contribution in [-0.2, 0) is 41.1 Å². The third-order valence-corrected chi connectivity index (χ3v) is 8.07. The van der Waals surface area contributed by atoms with Crippen molar-refractivity contribution in [3.05, 3.63) is 93.0 Å². The fraction of sp³-hybridized carbons (Fsp3) is 0.387. The summed E-state index contributed by atoms with van der Waals surface area (Å²) in [7, 11) is 0. The fourth-order valence-electron chi connectivity index (χ4n) is 5.25. The summed E-state index contributed by atoms with van der Waals surface area (Å²) < 4.78 is 7.67. The number of carboxylic acids is 1. The molecule has 1 atom stereocenters. The third kappa shape index (κ3) is 6.16. The lowest BCUT2D eigenvalue weighted by Crippen LogP contribution is -2.38. The van der Waals surface area contributed by atoms with Crippen LogP contribution in [0.2, 0.25) is 5.02 Å². The summed E-state index contributed by atoms with van der Waals surface area (Å²) in [4.78, 5) is 12.8. The van der Waals surface area contributed by atoms with Crippen LogP contribution in [0.5, 0.6) is 0 Å². The van der Waals surface area contributed by atoms with Crippen molar-refractivity contribution >= 4 is 28.6 Å². The van der Waals surface area contributed by atoms with E-state index in [1.807, 2.05) is 61.9 Å². The number of nitrogens with zero attached hydrogens (tertiary/aromatic N) is 3. The number of rotatable bonds is 13. The van der Waals surface area contributed by atoms with Gasteiger partial charge in [0.2, 0.25) is 0 Å². The van der Waals surface area contributed by atoms with Gasteiger partial charge in [0.25, 0.3) is 0 Å². The Balaban J connectivity index is 1.51. The summed E-state index contributed by atoms with van der Waals surface area (Å²) in [6.45, 7) is 7.48. The molecular formula is C31H36ClN3O4. The smallest absolute Gasteiger partial charge is 0.314 e. The van der Waals surface area contributed by atoms with Crippen molar-refractivity contribution in [3.63, 3.8) is 0 Å². The number of aromatic nitrogens is 3. The highest BCUT2D eigenvalue weighted by atomic mass is 35.5. The van der Waals surface area contributed by atoms with E-state index < -0.39 is 11.4 Å². The number of fused-ring (bicyclic) bond motifs is 1. The van der Waals surface area contributed by atoms with E-state index in [0.29, 0.717) is 47.8 Å². The van der Waals surface area contributed by atoms with Gasteiger partial charge in [-0.1, -0.05) is 66.2 Å². The molecule has 3 aromatic carbocycles. The molecule has 4 rings (SSSR count). The van der Waals surface area contributed by atoms with E-state index in [1.54, 1.807) is 6.07 Å². The number of aryl methyl sites for hydroxylation is 2. The van der Waals surface area contributed by atoms with Crippen molar-refractivity contribution in [2.24, 2.45) is 0 Å². The first kappa shape index (κ1) is 28.7. The van der Waals surface area contributed by atoms with Gasteiger partial charge in [-0.15, -0.1) is 5.10 Å². The second-order valence-electron chi connectivity index (χ2n) is 10.1.